The minimum Gasteiger partial charge on any atom is -0.374 e. The number of hydrogen-bond acceptors (Lipinski definition) is 7. The first-order valence-corrected chi connectivity index (χ1v) is 34.8. The van der Waals surface area contributed by atoms with Crippen molar-refractivity contribution in [3.05, 3.63) is 144 Å². The van der Waals surface area contributed by atoms with Gasteiger partial charge in [-0.05, 0) is 35.1 Å². The second-order valence-corrected chi connectivity index (χ2v) is 24.6. The fourth-order valence-corrected chi connectivity index (χ4v) is 11.9. The van der Waals surface area contributed by atoms with Crippen LogP contribution in [0.25, 0.3) is 0 Å². The van der Waals surface area contributed by atoms with Crippen molar-refractivity contribution in [2.75, 3.05) is 13.2 Å². The Morgan fingerprint density at radius 3 is 1.08 bits per heavy atom. The molecule has 8 nitrogen and oxygen atoms in total. The van der Waals surface area contributed by atoms with Gasteiger partial charge in [0, 0.05) is 6.42 Å². The van der Waals surface area contributed by atoms with Gasteiger partial charge in [-0.1, -0.05) is 353 Å². The van der Waals surface area contributed by atoms with Gasteiger partial charge in [0.15, 0.2) is 6.29 Å². The number of unbranched alkanes of at least 4 members (excludes halogenated alkanes) is 33. The topological polar surface area (TPSA) is 84.5 Å². The van der Waals surface area contributed by atoms with Gasteiger partial charge in [-0.2, -0.15) is 0 Å². The molecule has 1 aliphatic heterocycles. The molecule has 1 N–H and O–H groups in total. The second-order valence-electron chi connectivity index (χ2n) is 24.6. The van der Waals surface area contributed by atoms with Crippen molar-refractivity contribution in [3.63, 3.8) is 0 Å². The van der Waals surface area contributed by atoms with Crippen LogP contribution in [-0.4, -0.2) is 55.9 Å². The first kappa shape index (κ1) is 70.9. The summed E-state index contributed by atoms with van der Waals surface area (Å²) in [4.78, 5) is 13.9. The van der Waals surface area contributed by atoms with Gasteiger partial charge in [0.25, 0.3) is 0 Å². The molecule has 0 spiro atoms. The maximum Gasteiger partial charge on any atom is 0.220 e. The Kier molecular flexibility index (Phi) is 41.5. The van der Waals surface area contributed by atoms with Gasteiger partial charge in [0.2, 0.25) is 5.91 Å². The van der Waals surface area contributed by atoms with Crippen LogP contribution in [0, 0.1) is 0 Å². The zero-order valence-electron chi connectivity index (χ0n) is 53.3. The van der Waals surface area contributed by atoms with Crippen LogP contribution in [0.1, 0.15) is 274 Å². The number of rotatable bonds is 54. The summed E-state index contributed by atoms with van der Waals surface area (Å²) in [6.07, 6.45) is 44.8. The van der Waals surface area contributed by atoms with Crippen LogP contribution in [-0.2, 0) is 59.6 Å². The summed E-state index contributed by atoms with van der Waals surface area (Å²) in [5, 5.41) is 3.47. The lowest BCUT2D eigenvalue weighted by Gasteiger charge is -2.46. The molecule has 8 heteroatoms. The van der Waals surface area contributed by atoms with Gasteiger partial charge in [-0.25, -0.2) is 0 Å². The highest BCUT2D eigenvalue weighted by atomic mass is 16.7. The van der Waals surface area contributed by atoms with E-state index in [1.54, 1.807) is 0 Å². The van der Waals surface area contributed by atoms with Crippen LogP contribution in [0.2, 0.25) is 0 Å². The Labute approximate surface area is 513 Å². The van der Waals surface area contributed by atoms with Crippen LogP contribution < -0.4 is 5.32 Å². The highest BCUT2D eigenvalue weighted by Gasteiger charge is 2.49. The van der Waals surface area contributed by atoms with Crippen LogP contribution in [0.5, 0.6) is 0 Å². The largest absolute Gasteiger partial charge is 0.374 e. The standard InChI is InChI=1S/C76H119NO7/c1-3-5-7-9-11-13-15-17-19-20-21-22-23-24-25-27-29-31-33-35-49-59-72(78)77-70(58-48-34-32-30-28-26-18-16-14-12-10-8-6-4-2)64-83-76-75(82-63-69-56-46-39-47-57-69)74(81-62-68-54-44-38-45-55-68)73(80-61-67-52-42-37-43-53-67)71(84-76)65-79-60-66-50-40-36-41-51-66/h36-47,50-57,70-71,73-76H,3-35,48-49,58-65H2,1-2H3,(H,77,78)/t70?,71-,73+,74+,75-,76+/m1/s1. The molecule has 84 heavy (non-hydrogen) atoms. The minimum atomic E-state index is -0.832. The van der Waals surface area contributed by atoms with Gasteiger partial charge < -0.3 is 33.7 Å². The third kappa shape index (κ3) is 33.9. The fraction of sp³-hybridized carbons (Fsp3) is 0.671. The Morgan fingerprint density at radius 1 is 0.381 bits per heavy atom. The zero-order chi connectivity index (χ0) is 58.8. The number of amides is 1. The van der Waals surface area contributed by atoms with E-state index in [-0.39, 0.29) is 25.2 Å². The molecule has 0 aliphatic carbocycles. The molecule has 6 atom stereocenters. The average molecular weight is 1160 g/mol. The number of ether oxygens (including phenoxy) is 6. The van der Waals surface area contributed by atoms with E-state index in [0.717, 1.165) is 54.4 Å². The first-order valence-electron chi connectivity index (χ1n) is 34.8. The molecule has 470 valence electrons. The van der Waals surface area contributed by atoms with Crippen molar-refractivity contribution in [2.45, 2.75) is 315 Å². The molecular formula is C76H119NO7. The minimum absolute atomic E-state index is 0.110. The Morgan fingerprint density at radius 2 is 0.702 bits per heavy atom. The smallest absolute Gasteiger partial charge is 0.220 e. The number of hydrogen-bond donors (Lipinski definition) is 1. The number of benzene rings is 4. The van der Waals surface area contributed by atoms with Gasteiger partial charge in [0.05, 0.1) is 45.7 Å². The summed E-state index contributed by atoms with van der Waals surface area (Å²) in [6.45, 7) is 6.60. The summed E-state index contributed by atoms with van der Waals surface area (Å²) >= 11 is 0. The second kappa shape index (κ2) is 49.1. The molecule has 1 unspecified atom stereocenters. The van der Waals surface area contributed by atoms with E-state index in [1.165, 1.54) is 199 Å². The summed E-state index contributed by atoms with van der Waals surface area (Å²) < 4.78 is 41.5. The van der Waals surface area contributed by atoms with Gasteiger partial charge in [-0.15, -0.1) is 0 Å². The maximum absolute atomic E-state index is 13.9. The summed E-state index contributed by atoms with van der Waals surface area (Å²) in [5.41, 5.74) is 4.22. The van der Waals surface area contributed by atoms with Crippen LogP contribution in [0.15, 0.2) is 121 Å². The molecule has 0 bridgehead atoms. The van der Waals surface area contributed by atoms with Gasteiger partial charge in [0.1, 0.15) is 24.4 Å². The molecule has 1 aliphatic rings. The highest BCUT2D eigenvalue weighted by molar-refractivity contribution is 5.76. The molecule has 5 rings (SSSR count). The first-order chi connectivity index (χ1) is 41.6. The highest BCUT2D eigenvalue weighted by Crippen LogP contribution is 2.32. The normalized spacial score (nSPS) is 17.4. The van der Waals surface area contributed by atoms with Crippen molar-refractivity contribution in [1.29, 1.82) is 0 Å². The molecule has 4 aromatic carbocycles. The molecule has 0 radical (unpaired) electrons. The van der Waals surface area contributed by atoms with E-state index in [0.29, 0.717) is 32.8 Å². The predicted octanol–water partition coefficient (Wildman–Crippen LogP) is 20.7. The summed E-state index contributed by atoms with van der Waals surface area (Å²) in [6, 6.07) is 40.8. The molecular weight excluding hydrogens is 1040 g/mol. The Balaban J connectivity index is 1.17. The number of carbonyl (C=O) groups is 1. The Hall–Kier alpha value is -3.89. The van der Waals surface area contributed by atoms with E-state index in [2.05, 4.69) is 67.7 Å². The zero-order valence-corrected chi connectivity index (χ0v) is 53.3. The third-order valence-electron chi connectivity index (χ3n) is 17.1. The van der Waals surface area contributed by atoms with E-state index >= 15 is 0 Å². The third-order valence-corrected chi connectivity index (χ3v) is 17.1. The summed E-state index contributed by atoms with van der Waals surface area (Å²) in [7, 11) is 0. The van der Waals surface area contributed by atoms with Crippen LogP contribution >= 0.6 is 0 Å². The molecule has 4 aromatic rings. The fourth-order valence-electron chi connectivity index (χ4n) is 11.9. The number of carbonyl (C=O) groups excluding carboxylic acids is 1. The number of nitrogens with one attached hydrogen (secondary N) is 1. The molecule has 0 aromatic heterocycles. The van der Waals surface area contributed by atoms with Gasteiger partial charge in [-0.3, -0.25) is 4.79 Å². The monoisotopic (exact) mass is 1160 g/mol. The quantitative estimate of drug-likeness (QED) is 0.0441. The van der Waals surface area contributed by atoms with Crippen molar-refractivity contribution >= 4 is 5.91 Å². The molecule has 1 fully saturated rings. The molecule has 0 saturated carbocycles. The van der Waals surface area contributed by atoms with Crippen LogP contribution in [0.4, 0.5) is 0 Å². The predicted molar refractivity (Wildman–Crippen MR) is 350 cm³/mol. The maximum atomic E-state index is 13.9. The van der Waals surface area contributed by atoms with E-state index in [4.69, 9.17) is 28.4 Å². The van der Waals surface area contributed by atoms with Crippen molar-refractivity contribution < 1.29 is 33.2 Å². The van der Waals surface area contributed by atoms with Crippen molar-refractivity contribution in [2.24, 2.45) is 0 Å². The lowest BCUT2D eigenvalue weighted by molar-refractivity contribution is -0.329. The Bertz CT molecular complexity index is 2080. The van der Waals surface area contributed by atoms with Crippen molar-refractivity contribution in [3.8, 4) is 0 Å². The molecule has 1 amide bonds. The SMILES string of the molecule is CCCCCCCCCCCCCCCCCCCCCCCC(=O)NC(CCCCCCCCCCCCCCCC)CO[C@H]1O[C@H](COCc2ccccc2)[C@H](OCc2ccccc2)[C@H](OCc2ccccc2)[C@H]1OCc1ccccc1. The van der Waals surface area contributed by atoms with Crippen molar-refractivity contribution in [1.82, 2.24) is 5.32 Å². The van der Waals surface area contributed by atoms with Gasteiger partial charge >= 0.3 is 0 Å². The van der Waals surface area contributed by atoms with E-state index in [1.807, 2.05) is 72.8 Å². The molecule has 1 heterocycles. The lowest BCUT2D eigenvalue weighted by atomic mass is 9.97. The van der Waals surface area contributed by atoms with E-state index < -0.39 is 30.7 Å². The average Bonchev–Trinajstić information content (AvgIpc) is 3.59. The summed E-state index contributed by atoms with van der Waals surface area (Å²) in [5.74, 6) is 0.110. The molecule has 1 saturated heterocycles. The van der Waals surface area contributed by atoms with Crippen LogP contribution in [0.3, 0.4) is 0 Å². The lowest BCUT2D eigenvalue weighted by Crippen LogP contribution is -2.62. The van der Waals surface area contributed by atoms with E-state index in [9.17, 15) is 4.79 Å².